The van der Waals surface area contributed by atoms with Crippen LogP contribution in [0.3, 0.4) is 0 Å². The summed E-state index contributed by atoms with van der Waals surface area (Å²) in [4.78, 5) is 2.37. The molecule has 0 radical (unpaired) electrons. The highest BCUT2D eigenvalue weighted by atomic mass is 16.5. The summed E-state index contributed by atoms with van der Waals surface area (Å²) in [6.07, 6.45) is 4.32. The highest BCUT2D eigenvalue weighted by Crippen LogP contribution is 2.28. The number of ether oxygens (including phenoxy) is 1. The lowest BCUT2D eigenvalue weighted by Gasteiger charge is -2.39. The number of aromatic nitrogens is 2. The van der Waals surface area contributed by atoms with Gasteiger partial charge in [0.2, 0.25) is 0 Å². The van der Waals surface area contributed by atoms with Gasteiger partial charge in [-0.15, -0.1) is 0 Å². The van der Waals surface area contributed by atoms with Gasteiger partial charge in [-0.2, -0.15) is 5.10 Å². The molecule has 0 bridgehead atoms. The van der Waals surface area contributed by atoms with Crippen LogP contribution in [-0.2, 0) is 4.74 Å². The monoisotopic (exact) mass is 280 g/mol. The molecule has 5 heteroatoms. The summed E-state index contributed by atoms with van der Waals surface area (Å²) in [6, 6.07) is 1.15. The average Bonchev–Trinajstić information content (AvgIpc) is 2.85. The third kappa shape index (κ3) is 3.59. The quantitative estimate of drug-likeness (QED) is 0.893. The van der Waals surface area contributed by atoms with E-state index in [1.807, 2.05) is 10.9 Å². The van der Waals surface area contributed by atoms with Crippen molar-refractivity contribution in [1.29, 1.82) is 0 Å². The molecule has 0 aliphatic carbocycles. The zero-order valence-electron chi connectivity index (χ0n) is 13.3. The Morgan fingerprint density at radius 3 is 2.75 bits per heavy atom. The van der Waals surface area contributed by atoms with Crippen LogP contribution in [-0.4, -0.2) is 53.6 Å². The maximum absolute atomic E-state index is 5.99. The van der Waals surface area contributed by atoms with E-state index in [2.05, 4.69) is 56.3 Å². The number of morpholine rings is 1. The summed E-state index contributed by atoms with van der Waals surface area (Å²) < 4.78 is 8.01. The zero-order valence-corrected chi connectivity index (χ0v) is 13.3. The minimum absolute atomic E-state index is 0.181. The molecule has 20 heavy (non-hydrogen) atoms. The van der Waals surface area contributed by atoms with Gasteiger partial charge in [0.15, 0.2) is 0 Å². The first kappa shape index (κ1) is 15.5. The largest absolute Gasteiger partial charge is 0.374 e. The summed E-state index contributed by atoms with van der Waals surface area (Å²) >= 11 is 0. The number of nitrogens with one attached hydrogen (secondary N) is 1. The van der Waals surface area contributed by atoms with Gasteiger partial charge in [-0.05, 0) is 20.9 Å². The van der Waals surface area contributed by atoms with Gasteiger partial charge in [-0.1, -0.05) is 13.8 Å². The van der Waals surface area contributed by atoms with Crippen molar-refractivity contribution in [3.05, 3.63) is 18.0 Å². The third-order valence-electron chi connectivity index (χ3n) is 3.82. The van der Waals surface area contributed by atoms with Crippen molar-refractivity contribution in [3.63, 3.8) is 0 Å². The Balaban J connectivity index is 2.13. The van der Waals surface area contributed by atoms with Crippen LogP contribution >= 0.6 is 0 Å². The maximum atomic E-state index is 5.99. The van der Waals surface area contributed by atoms with Gasteiger partial charge < -0.3 is 10.1 Å². The molecule has 1 aromatic heterocycles. The highest BCUT2D eigenvalue weighted by Gasteiger charge is 2.32. The molecule has 2 unspecified atom stereocenters. The van der Waals surface area contributed by atoms with E-state index in [9.17, 15) is 0 Å². The fourth-order valence-corrected chi connectivity index (χ4v) is 2.64. The second-order valence-corrected chi connectivity index (χ2v) is 6.25. The zero-order chi connectivity index (χ0) is 14.7. The molecule has 2 heterocycles. The fraction of sp³-hybridized carbons (Fsp3) is 0.800. The smallest absolute Gasteiger partial charge is 0.0897 e. The predicted octanol–water partition coefficient (Wildman–Crippen LogP) is 1.83. The van der Waals surface area contributed by atoms with Crippen molar-refractivity contribution in [2.24, 2.45) is 0 Å². The molecule has 1 aliphatic heterocycles. The number of likely N-dealkylation sites (N-methyl/N-ethyl adjacent to an activating group) is 1. The van der Waals surface area contributed by atoms with E-state index in [1.54, 1.807) is 0 Å². The SMILES string of the molecule is CC(C)NCC1OCCN(C)C1c1cnn(C(C)C)c1. The Kier molecular flexibility index (Phi) is 5.18. The summed E-state index contributed by atoms with van der Waals surface area (Å²) in [5.41, 5.74) is 1.25. The molecule has 0 aromatic carbocycles. The Labute approximate surface area is 122 Å². The first-order chi connectivity index (χ1) is 9.49. The van der Waals surface area contributed by atoms with Gasteiger partial charge in [-0.3, -0.25) is 9.58 Å². The molecule has 0 spiro atoms. The number of hydrogen-bond acceptors (Lipinski definition) is 4. The minimum atomic E-state index is 0.181. The number of nitrogens with zero attached hydrogens (tertiary/aromatic N) is 3. The van der Waals surface area contributed by atoms with Crippen LogP contribution in [0.15, 0.2) is 12.4 Å². The van der Waals surface area contributed by atoms with Crippen LogP contribution in [0.4, 0.5) is 0 Å². The van der Waals surface area contributed by atoms with Crippen LogP contribution in [0.5, 0.6) is 0 Å². The topological polar surface area (TPSA) is 42.3 Å². The molecule has 1 fully saturated rings. The van der Waals surface area contributed by atoms with Crippen molar-refractivity contribution in [2.45, 2.75) is 51.9 Å². The molecule has 1 aromatic rings. The molecule has 0 amide bonds. The van der Waals surface area contributed by atoms with Crippen molar-refractivity contribution < 1.29 is 4.74 Å². The Morgan fingerprint density at radius 2 is 2.15 bits per heavy atom. The Morgan fingerprint density at radius 1 is 1.40 bits per heavy atom. The molecule has 0 saturated carbocycles. The normalized spacial score (nSPS) is 24.8. The highest BCUT2D eigenvalue weighted by molar-refractivity contribution is 5.14. The molecule has 2 atom stereocenters. The van der Waals surface area contributed by atoms with E-state index in [0.29, 0.717) is 12.1 Å². The van der Waals surface area contributed by atoms with Gasteiger partial charge in [0.25, 0.3) is 0 Å². The number of hydrogen-bond donors (Lipinski definition) is 1. The number of rotatable bonds is 5. The molecular formula is C15H28N4O. The lowest BCUT2D eigenvalue weighted by atomic mass is 10.0. The molecule has 5 nitrogen and oxygen atoms in total. The Hall–Kier alpha value is -0.910. The van der Waals surface area contributed by atoms with E-state index in [1.165, 1.54) is 5.56 Å². The third-order valence-corrected chi connectivity index (χ3v) is 3.82. The van der Waals surface area contributed by atoms with Crippen LogP contribution in [0.2, 0.25) is 0 Å². The van der Waals surface area contributed by atoms with E-state index in [4.69, 9.17) is 4.74 Å². The van der Waals surface area contributed by atoms with Crippen LogP contribution in [0.1, 0.15) is 45.3 Å². The summed E-state index contributed by atoms with van der Waals surface area (Å²) in [5.74, 6) is 0. The van der Waals surface area contributed by atoms with Gasteiger partial charge in [0.1, 0.15) is 0 Å². The lowest BCUT2D eigenvalue weighted by molar-refractivity contribution is -0.0620. The summed E-state index contributed by atoms with van der Waals surface area (Å²) in [6.45, 7) is 11.3. The molecule has 1 saturated heterocycles. The van der Waals surface area contributed by atoms with E-state index >= 15 is 0 Å². The molecular weight excluding hydrogens is 252 g/mol. The Bertz CT molecular complexity index is 416. The van der Waals surface area contributed by atoms with Crippen molar-refractivity contribution >= 4 is 0 Å². The summed E-state index contributed by atoms with van der Waals surface area (Å²) in [5, 5.41) is 7.96. The van der Waals surface area contributed by atoms with Crippen LogP contribution in [0.25, 0.3) is 0 Å². The van der Waals surface area contributed by atoms with Crippen molar-refractivity contribution in [3.8, 4) is 0 Å². The molecule has 1 N–H and O–H groups in total. The predicted molar refractivity (Wildman–Crippen MR) is 80.9 cm³/mol. The standard InChI is InChI=1S/C15H28N4O/c1-11(2)16-9-14-15(18(5)6-7-20-14)13-8-17-19(10-13)12(3)4/h8,10-12,14-16H,6-7,9H2,1-5H3. The second-order valence-electron chi connectivity index (χ2n) is 6.25. The van der Waals surface area contributed by atoms with Gasteiger partial charge in [0.05, 0.1) is 24.9 Å². The minimum Gasteiger partial charge on any atom is -0.374 e. The summed E-state index contributed by atoms with van der Waals surface area (Å²) in [7, 11) is 2.17. The second kappa shape index (κ2) is 6.70. The van der Waals surface area contributed by atoms with Crippen LogP contribution in [0, 0.1) is 0 Å². The van der Waals surface area contributed by atoms with E-state index < -0.39 is 0 Å². The lowest BCUT2D eigenvalue weighted by Crippen LogP contribution is -2.48. The average molecular weight is 280 g/mol. The van der Waals surface area contributed by atoms with Crippen molar-refractivity contribution in [1.82, 2.24) is 20.0 Å². The first-order valence-corrected chi connectivity index (χ1v) is 7.58. The van der Waals surface area contributed by atoms with Gasteiger partial charge in [-0.25, -0.2) is 0 Å². The van der Waals surface area contributed by atoms with Gasteiger partial charge in [0, 0.05) is 36.9 Å². The van der Waals surface area contributed by atoms with Gasteiger partial charge >= 0.3 is 0 Å². The van der Waals surface area contributed by atoms with Crippen LogP contribution < -0.4 is 5.32 Å². The molecule has 1 aliphatic rings. The maximum Gasteiger partial charge on any atom is 0.0897 e. The molecule has 2 rings (SSSR count). The molecule has 114 valence electrons. The first-order valence-electron chi connectivity index (χ1n) is 7.58. The van der Waals surface area contributed by atoms with E-state index in [-0.39, 0.29) is 12.1 Å². The van der Waals surface area contributed by atoms with E-state index in [0.717, 1.165) is 19.7 Å². The fourth-order valence-electron chi connectivity index (χ4n) is 2.64. The van der Waals surface area contributed by atoms with Crippen molar-refractivity contribution in [2.75, 3.05) is 26.7 Å².